The minimum Gasteiger partial charge on any atom is -0.244 e. The van der Waals surface area contributed by atoms with Gasteiger partial charge in [-0.25, -0.2) is 23.4 Å². The molecule has 0 amide bonds. The molecule has 30 heavy (non-hydrogen) atoms. The number of halogens is 6. The Balaban J connectivity index is 2.07. The van der Waals surface area contributed by atoms with Crippen molar-refractivity contribution in [2.45, 2.75) is 11.8 Å². The molecule has 3 aromatic rings. The van der Waals surface area contributed by atoms with Crippen LogP contribution < -0.4 is 0 Å². The van der Waals surface area contributed by atoms with Gasteiger partial charge >= 0.3 is 11.8 Å². The molecule has 0 N–H and O–H groups in total. The summed E-state index contributed by atoms with van der Waals surface area (Å²) in [6, 6.07) is 3.78. The molecule has 2 heterocycles. The Labute approximate surface area is 169 Å². The van der Waals surface area contributed by atoms with Gasteiger partial charge in [-0.05, 0) is 18.2 Å². The highest BCUT2D eigenvalue weighted by Crippen LogP contribution is 2.37. The molecule has 0 atom stereocenters. The summed E-state index contributed by atoms with van der Waals surface area (Å²) in [6.07, 6.45) is 3.86. The maximum atomic E-state index is 13.8. The van der Waals surface area contributed by atoms with Crippen molar-refractivity contribution in [3.8, 4) is 17.5 Å². The van der Waals surface area contributed by atoms with Crippen molar-refractivity contribution in [2.75, 3.05) is 13.3 Å². The van der Waals surface area contributed by atoms with Crippen LogP contribution in [-0.4, -0.2) is 33.1 Å². The van der Waals surface area contributed by atoms with Crippen molar-refractivity contribution in [1.29, 1.82) is 5.26 Å². The summed E-state index contributed by atoms with van der Waals surface area (Å²) in [7, 11) is 0. The van der Waals surface area contributed by atoms with Crippen molar-refractivity contribution in [2.24, 2.45) is 0 Å². The Hall–Kier alpha value is -3.20. The van der Waals surface area contributed by atoms with Crippen LogP contribution in [0.4, 0.5) is 26.3 Å². The standard InChI is InChI=1S/C18H11F6N5S/c19-8-17(21,22)13-3-11(4-14(5-13)18(23,24)9-20)15-27-10-29(28-15)7-12(6-25)16-26-1-2-30-16/h1-5,7,10H,8-9H2. The number of aromatic nitrogens is 4. The molecule has 5 nitrogen and oxygen atoms in total. The van der Waals surface area contributed by atoms with E-state index in [0.717, 1.165) is 23.1 Å². The van der Waals surface area contributed by atoms with Crippen LogP contribution >= 0.6 is 11.3 Å². The highest BCUT2D eigenvalue weighted by molar-refractivity contribution is 7.10. The number of rotatable bonds is 7. The monoisotopic (exact) mass is 443 g/mol. The first-order valence-corrected chi connectivity index (χ1v) is 9.05. The third-order valence-corrected chi connectivity index (χ3v) is 4.73. The van der Waals surface area contributed by atoms with E-state index < -0.39 is 36.3 Å². The number of allylic oxidation sites excluding steroid dienone is 1. The number of hydrogen-bond acceptors (Lipinski definition) is 5. The third-order valence-electron chi connectivity index (χ3n) is 3.92. The van der Waals surface area contributed by atoms with E-state index in [0.29, 0.717) is 11.1 Å². The Kier molecular flexibility index (Phi) is 5.93. The quantitative estimate of drug-likeness (QED) is 0.379. The van der Waals surface area contributed by atoms with Gasteiger partial charge < -0.3 is 0 Å². The van der Waals surface area contributed by atoms with E-state index in [1.165, 1.54) is 23.7 Å². The van der Waals surface area contributed by atoms with Crippen LogP contribution in [0.1, 0.15) is 16.1 Å². The third kappa shape index (κ3) is 4.35. The number of thiazole rings is 1. The van der Waals surface area contributed by atoms with Crippen LogP contribution in [0.3, 0.4) is 0 Å². The summed E-state index contributed by atoms with van der Waals surface area (Å²) in [4.78, 5) is 7.83. The molecular formula is C18H11F6N5S. The summed E-state index contributed by atoms with van der Waals surface area (Å²) in [5, 5.41) is 15.2. The van der Waals surface area contributed by atoms with Crippen LogP contribution in [0, 0.1) is 11.3 Å². The van der Waals surface area contributed by atoms with Gasteiger partial charge in [-0.3, -0.25) is 0 Å². The topological polar surface area (TPSA) is 67.4 Å². The SMILES string of the molecule is N#CC(=Cn1cnc(-c2cc(C(F)(F)CF)cc(C(F)(F)CF)c2)n1)c1nccs1. The first-order valence-electron chi connectivity index (χ1n) is 8.17. The smallest absolute Gasteiger partial charge is 0.244 e. The zero-order valence-electron chi connectivity index (χ0n) is 14.9. The zero-order valence-corrected chi connectivity index (χ0v) is 15.7. The maximum Gasteiger partial charge on any atom is 0.301 e. The molecule has 0 aliphatic rings. The molecule has 0 bridgehead atoms. The van der Waals surface area contributed by atoms with Gasteiger partial charge in [0.25, 0.3) is 0 Å². The van der Waals surface area contributed by atoms with E-state index in [4.69, 9.17) is 0 Å². The van der Waals surface area contributed by atoms with Gasteiger partial charge in [0, 0.05) is 28.3 Å². The number of benzene rings is 1. The van der Waals surface area contributed by atoms with E-state index >= 15 is 0 Å². The normalized spacial score (nSPS) is 12.8. The highest BCUT2D eigenvalue weighted by Gasteiger charge is 2.37. The fraction of sp³-hybridized carbons (Fsp3) is 0.222. The Morgan fingerprint density at radius 3 is 2.20 bits per heavy atom. The van der Waals surface area contributed by atoms with Gasteiger partial charge in [-0.1, -0.05) is 0 Å². The highest BCUT2D eigenvalue weighted by atomic mass is 32.1. The minimum atomic E-state index is -4.06. The van der Waals surface area contributed by atoms with Gasteiger partial charge in [0.05, 0.1) is 6.20 Å². The van der Waals surface area contributed by atoms with Crippen molar-refractivity contribution in [3.05, 3.63) is 52.2 Å². The second-order valence-corrected chi connectivity index (χ2v) is 6.91. The van der Waals surface area contributed by atoms with Crippen LogP contribution in [-0.2, 0) is 11.8 Å². The zero-order chi connectivity index (χ0) is 21.9. The average Bonchev–Trinajstić information content (AvgIpc) is 3.44. The summed E-state index contributed by atoms with van der Waals surface area (Å²) in [6.45, 7) is -4.25. The molecular weight excluding hydrogens is 432 g/mol. The molecule has 0 saturated carbocycles. The first kappa shape index (κ1) is 21.5. The Morgan fingerprint density at radius 2 is 1.70 bits per heavy atom. The molecule has 156 valence electrons. The van der Waals surface area contributed by atoms with Crippen molar-refractivity contribution < 1.29 is 26.3 Å². The van der Waals surface area contributed by atoms with Gasteiger partial charge in [-0.15, -0.1) is 16.4 Å². The summed E-state index contributed by atoms with van der Waals surface area (Å²) in [5.74, 6) is -8.37. The van der Waals surface area contributed by atoms with E-state index in [1.54, 1.807) is 5.38 Å². The molecule has 12 heteroatoms. The number of hydrogen-bond donors (Lipinski definition) is 0. The van der Waals surface area contributed by atoms with E-state index in [-0.39, 0.29) is 17.0 Å². The number of nitriles is 1. The van der Waals surface area contributed by atoms with E-state index in [1.807, 2.05) is 6.07 Å². The van der Waals surface area contributed by atoms with Crippen LogP contribution in [0.5, 0.6) is 0 Å². The Morgan fingerprint density at radius 1 is 1.07 bits per heavy atom. The second-order valence-electron chi connectivity index (χ2n) is 6.02. The van der Waals surface area contributed by atoms with Crippen LogP contribution in [0.2, 0.25) is 0 Å². The summed E-state index contributed by atoms with van der Waals surface area (Å²) in [5.41, 5.74) is -2.27. The minimum absolute atomic E-state index is 0.129. The molecule has 0 spiro atoms. The number of alkyl halides is 6. The summed E-state index contributed by atoms with van der Waals surface area (Å²) < 4.78 is 81.8. The van der Waals surface area contributed by atoms with Crippen molar-refractivity contribution in [3.63, 3.8) is 0 Å². The lowest BCUT2D eigenvalue weighted by Gasteiger charge is -2.18. The predicted octanol–water partition coefficient (Wildman–Crippen LogP) is 5.05. The molecule has 2 aromatic heterocycles. The molecule has 0 radical (unpaired) electrons. The van der Waals surface area contributed by atoms with Crippen molar-refractivity contribution >= 4 is 23.1 Å². The molecule has 0 saturated heterocycles. The van der Waals surface area contributed by atoms with Crippen LogP contribution in [0.15, 0.2) is 36.1 Å². The lowest BCUT2D eigenvalue weighted by Crippen LogP contribution is -2.20. The lowest BCUT2D eigenvalue weighted by atomic mass is 9.98. The molecule has 0 aliphatic heterocycles. The molecule has 0 unspecified atom stereocenters. The fourth-order valence-corrected chi connectivity index (χ4v) is 3.02. The van der Waals surface area contributed by atoms with Gasteiger partial charge in [0.15, 0.2) is 19.2 Å². The van der Waals surface area contributed by atoms with E-state index in [2.05, 4.69) is 15.1 Å². The molecule has 0 aliphatic carbocycles. The van der Waals surface area contributed by atoms with Crippen LogP contribution in [0.25, 0.3) is 23.2 Å². The average molecular weight is 443 g/mol. The van der Waals surface area contributed by atoms with Gasteiger partial charge in [-0.2, -0.15) is 22.8 Å². The first-order chi connectivity index (χ1) is 14.2. The number of nitrogens with zero attached hydrogens (tertiary/aromatic N) is 5. The summed E-state index contributed by atoms with van der Waals surface area (Å²) >= 11 is 1.19. The molecule has 1 aromatic carbocycles. The molecule has 3 rings (SSSR count). The maximum absolute atomic E-state index is 13.8. The molecule has 0 fully saturated rings. The lowest BCUT2D eigenvalue weighted by molar-refractivity contribution is -0.0344. The van der Waals surface area contributed by atoms with E-state index in [9.17, 15) is 31.6 Å². The fourth-order valence-electron chi connectivity index (χ4n) is 2.42. The largest absolute Gasteiger partial charge is 0.301 e. The Bertz CT molecular complexity index is 1070. The van der Waals surface area contributed by atoms with Crippen molar-refractivity contribution in [1.82, 2.24) is 19.7 Å². The van der Waals surface area contributed by atoms with Gasteiger partial charge in [0.2, 0.25) is 0 Å². The van der Waals surface area contributed by atoms with Gasteiger partial charge in [0.1, 0.15) is 23.0 Å². The second kappa shape index (κ2) is 8.27. The predicted molar refractivity (Wildman–Crippen MR) is 97.1 cm³/mol.